The number of methoxy groups -OCH3 is 2. The molecule has 9 heteroatoms. The van der Waals surface area contributed by atoms with Gasteiger partial charge in [0.15, 0.2) is 16.3 Å². The fourth-order valence-corrected chi connectivity index (χ4v) is 3.17. The minimum absolute atomic E-state index is 0.219. The molecule has 0 unspecified atom stereocenters. The fraction of sp³-hybridized carbons (Fsp3) is 0.263. The summed E-state index contributed by atoms with van der Waals surface area (Å²) in [5.41, 5.74) is 0.157. The molecule has 1 heterocycles. The van der Waals surface area contributed by atoms with E-state index >= 15 is 0 Å². The highest BCUT2D eigenvalue weighted by atomic mass is 32.1. The lowest BCUT2D eigenvalue weighted by Crippen LogP contribution is -2.23. The molecule has 0 spiro atoms. The Morgan fingerprint density at radius 2 is 1.68 bits per heavy atom. The topological polar surface area (TPSA) is 56.2 Å². The van der Waals surface area contributed by atoms with E-state index in [0.29, 0.717) is 34.4 Å². The van der Waals surface area contributed by atoms with Crippen LogP contribution in [0.1, 0.15) is 11.1 Å². The van der Waals surface area contributed by atoms with Crippen LogP contribution in [0.2, 0.25) is 0 Å². The van der Waals surface area contributed by atoms with Gasteiger partial charge in [-0.1, -0.05) is 12.1 Å². The van der Waals surface area contributed by atoms with Crippen LogP contribution in [-0.4, -0.2) is 23.8 Å². The summed E-state index contributed by atoms with van der Waals surface area (Å²) in [5, 5.41) is 0.374. The van der Waals surface area contributed by atoms with E-state index < -0.39 is 11.7 Å². The molecule has 0 aliphatic heterocycles. The molecule has 0 saturated heterocycles. The zero-order valence-electron chi connectivity index (χ0n) is 15.1. The van der Waals surface area contributed by atoms with Gasteiger partial charge in [-0.3, -0.25) is 9.36 Å². The molecule has 1 aromatic heterocycles. The van der Waals surface area contributed by atoms with Crippen molar-refractivity contribution in [2.75, 3.05) is 14.2 Å². The van der Waals surface area contributed by atoms with Crippen LogP contribution in [0.3, 0.4) is 0 Å². The van der Waals surface area contributed by atoms with Crippen molar-refractivity contribution in [1.29, 1.82) is 0 Å². The van der Waals surface area contributed by atoms with Crippen LogP contribution in [0.25, 0.3) is 10.9 Å². The highest BCUT2D eigenvalue weighted by Gasteiger charge is 2.29. The Morgan fingerprint density at radius 3 is 2.25 bits per heavy atom. The Morgan fingerprint density at radius 1 is 1.07 bits per heavy atom. The average molecular weight is 410 g/mol. The predicted octanol–water partition coefficient (Wildman–Crippen LogP) is 4.34. The van der Waals surface area contributed by atoms with Crippen LogP contribution in [0.5, 0.6) is 11.5 Å². The van der Waals surface area contributed by atoms with Crippen molar-refractivity contribution in [3.63, 3.8) is 0 Å². The van der Waals surface area contributed by atoms with Gasteiger partial charge in [-0.05, 0) is 42.4 Å². The fourth-order valence-electron chi connectivity index (χ4n) is 2.88. The summed E-state index contributed by atoms with van der Waals surface area (Å²) in [7, 11) is 2.96. The van der Waals surface area contributed by atoms with Gasteiger partial charge in [0, 0.05) is 12.6 Å². The van der Waals surface area contributed by atoms with E-state index in [1.807, 2.05) is 0 Å². The van der Waals surface area contributed by atoms with E-state index in [1.165, 1.54) is 30.9 Å². The van der Waals surface area contributed by atoms with Gasteiger partial charge in [0.1, 0.15) is 0 Å². The Hall–Kier alpha value is -2.81. The molecule has 1 N–H and O–H groups in total. The summed E-state index contributed by atoms with van der Waals surface area (Å²) >= 11 is 5.28. The molecular weight excluding hydrogens is 393 g/mol. The van der Waals surface area contributed by atoms with Crippen LogP contribution in [0, 0.1) is 4.77 Å². The van der Waals surface area contributed by atoms with Gasteiger partial charge in [0.05, 0.1) is 30.7 Å². The van der Waals surface area contributed by atoms with Gasteiger partial charge in [-0.15, -0.1) is 0 Å². The number of fused-ring (bicyclic) bond motifs is 1. The lowest BCUT2D eigenvalue weighted by atomic mass is 10.1. The van der Waals surface area contributed by atoms with E-state index in [-0.39, 0.29) is 16.9 Å². The number of H-pyrrole nitrogens is 1. The summed E-state index contributed by atoms with van der Waals surface area (Å²) in [5.74, 6) is 0.870. The maximum absolute atomic E-state index is 12.9. The third-order valence-corrected chi connectivity index (χ3v) is 4.71. The van der Waals surface area contributed by atoms with Gasteiger partial charge in [-0.2, -0.15) is 13.2 Å². The van der Waals surface area contributed by atoms with Gasteiger partial charge in [0.25, 0.3) is 5.56 Å². The third-order valence-electron chi connectivity index (χ3n) is 4.39. The SMILES string of the molecule is COc1cc2[nH]c(=S)n(CCc3ccc(C(F)(F)F)cc3)c(=O)c2cc1OC. The highest BCUT2D eigenvalue weighted by Crippen LogP contribution is 2.30. The molecule has 2 aromatic carbocycles. The van der Waals surface area contributed by atoms with E-state index in [1.54, 1.807) is 12.1 Å². The van der Waals surface area contributed by atoms with Crippen molar-refractivity contribution >= 4 is 23.1 Å². The molecule has 0 fully saturated rings. The number of hydrogen-bond donors (Lipinski definition) is 1. The first-order valence-corrected chi connectivity index (χ1v) is 8.70. The smallest absolute Gasteiger partial charge is 0.416 e. The molecule has 0 aliphatic rings. The van der Waals surface area contributed by atoms with Crippen molar-refractivity contribution in [1.82, 2.24) is 9.55 Å². The lowest BCUT2D eigenvalue weighted by molar-refractivity contribution is -0.137. The number of ether oxygens (including phenoxy) is 2. The summed E-state index contributed by atoms with van der Waals surface area (Å²) in [6.45, 7) is 0.226. The van der Waals surface area contributed by atoms with Gasteiger partial charge < -0.3 is 14.5 Å². The second-order valence-corrected chi connectivity index (χ2v) is 6.47. The summed E-state index contributed by atoms with van der Waals surface area (Å²) in [6, 6.07) is 8.04. The highest BCUT2D eigenvalue weighted by molar-refractivity contribution is 7.71. The standard InChI is InChI=1S/C19H17F3N2O3S/c1-26-15-9-13-14(10-16(15)27-2)23-18(28)24(17(13)25)8-7-11-3-5-12(6-4-11)19(20,21)22/h3-6,9-10H,7-8H2,1-2H3,(H,23,28). The minimum Gasteiger partial charge on any atom is -0.493 e. The largest absolute Gasteiger partial charge is 0.493 e. The number of aryl methyl sites for hydroxylation is 1. The van der Waals surface area contributed by atoms with Crippen LogP contribution in [-0.2, 0) is 19.1 Å². The van der Waals surface area contributed by atoms with Crippen LogP contribution < -0.4 is 15.0 Å². The van der Waals surface area contributed by atoms with Gasteiger partial charge in [-0.25, -0.2) is 0 Å². The molecule has 3 rings (SSSR count). The molecular formula is C19H17F3N2O3S. The molecule has 5 nitrogen and oxygen atoms in total. The Labute approximate surface area is 163 Å². The predicted molar refractivity (Wildman–Crippen MR) is 102 cm³/mol. The lowest BCUT2D eigenvalue weighted by Gasteiger charge is -2.12. The van der Waals surface area contributed by atoms with E-state index in [0.717, 1.165) is 12.1 Å². The number of nitrogens with one attached hydrogen (secondary N) is 1. The number of hydrogen-bond acceptors (Lipinski definition) is 4. The van der Waals surface area contributed by atoms with Crippen molar-refractivity contribution in [2.45, 2.75) is 19.1 Å². The summed E-state index contributed by atoms with van der Waals surface area (Å²) in [6.07, 6.45) is -4.02. The second-order valence-electron chi connectivity index (χ2n) is 6.08. The first kappa shape index (κ1) is 19.9. The van der Waals surface area contributed by atoms with Crippen LogP contribution in [0.4, 0.5) is 13.2 Å². The minimum atomic E-state index is -4.38. The molecule has 3 aromatic rings. The summed E-state index contributed by atoms with van der Waals surface area (Å²) in [4.78, 5) is 15.8. The van der Waals surface area contributed by atoms with Crippen LogP contribution >= 0.6 is 12.2 Å². The molecule has 148 valence electrons. The molecule has 0 bridgehead atoms. The number of halogens is 3. The van der Waals surface area contributed by atoms with Crippen molar-refractivity contribution < 1.29 is 22.6 Å². The summed E-state index contributed by atoms with van der Waals surface area (Å²) < 4.78 is 50.0. The molecule has 0 amide bonds. The number of aromatic amines is 1. The molecule has 0 radical (unpaired) electrons. The van der Waals surface area contributed by atoms with E-state index in [2.05, 4.69) is 4.98 Å². The number of nitrogens with zero attached hydrogens (tertiary/aromatic N) is 1. The third kappa shape index (κ3) is 3.89. The Kier molecular flexibility index (Phi) is 5.46. The normalized spacial score (nSPS) is 11.6. The number of benzene rings is 2. The molecule has 28 heavy (non-hydrogen) atoms. The Balaban J connectivity index is 1.93. The van der Waals surface area contributed by atoms with E-state index in [4.69, 9.17) is 21.7 Å². The maximum Gasteiger partial charge on any atom is 0.416 e. The van der Waals surface area contributed by atoms with Gasteiger partial charge >= 0.3 is 6.18 Å². The first-order valence-electron chi connectivity index (χ1n) is 8.29. The number of rotatable bonds is 5. The quantitative estimate of drug-likeness (QED) is 0.636. The second kappa shape index (κ2) is 7.67. The van der Waals surface area contributed by atoms with Crippen molar-refractivity contribution in [2.24, 2.45) is 0 Å². The molecule has 0 saturated carbocycles. The number of aromatic nitrogens is 2. The Bertz CT molecular complexity index is 1120. The maximum atomic E-state index is 12.9. The van der Waals surface area contributed by atoms with Crippen molar-refractivity contribution in [3.8, 4) is 11.5 Å². The van der Waals surface area contributed by atoms with Crippen molar-refractivity contribution in [3.05, 3.63) is 62.6 Å². The molecule has 0 atom stereocenters. The zero-order chi connectivity index (χ0) is 20.5. The molecule has 0 aliphatic carbocycles. The zero-order valence-corrected chi connectivity index (χ0v) is 15.9. The van der Waals surface area contributed by atoms with E-state index in [9.17, 15) is 18.0 Å². The monoisotopic (exact) mass is 410 g/mol. The first-order chi connectivity index (χ1) is 13.2. The number of alkyl halides is 3. The van der Waals surface area contributed by atoms with Crippen LogP contribution in [0.15, 0.2) is 41.2 Å². The average Bonchev–Trinajstić information content (AvgIpc) is 2.66. The van der Waals surface area contributed by atoms with Gasteiger partial charge in [0.2, 0.25) is 0 Å².